The Morgan fingerprint density at radius 3 is 2.91 bits per heavy atom. The molecular formula is C18H25NO3S. The number of hydrogen-bond donors (Lipinski definition) is 0. The standard InChI is InChI=1S/C18H25NO3S/c1-2-3-4-5-6-7-17(20)19-10-11-23-18(19)14-8-9-15-16(12-14)22-13-21-15/h8-9,12,18H,2-7,10-11,13H2,1H3. The Balaban J connectivity index is 1.58. The molecular weight excluding hydrogens is 310 g/mol. The zero-order chi connectivity index (χ0) is 16.1. The first kappa shape index (κ1) is 16.5. The van der Waals surface area contributed by atoms with E-state index in [1.54, 1.807) is 0 Å². The molecule has 1 atom stereocenters. The predicted molar refractivity (Wildman–Crippen MR) is 92.9 cm³/mol. The van der Waals surface area contributed by atoms with Gasteiger partial charge >= 0.3 is 0 Å². The third-order valence-electron chi connectivity index (χ3n) is 4.39. The Labute approximate surface area is 142 Å². The molecule has 0 saturated carbocycles. The van der Waals surface area contributed by atoms with Crippen LogP contribution >= 0.6 is 11.8 Å². The Bertz CT molecular complexity index is 549. The van der Waals surface area contributed by atoms with Crippen LogP contribution in [0.4, 0.5) is 0 Å². The van der Waals surface area contributed by atoms with E-state index in [1.165, 1.54) is 19.3 Å². The monoisotopic (exact) mass is 335 g/mol. The number of carbonyl (C=O) groups is 1. The molecule has 4 nitrogen and oxygen atoms in total. The lowest BCUT2D eigenvalue weighted by Crippen LogP contribution is -2.30. The van der Waals surface area contributed by atoms with E-state index < -0.39 is 0 Å². The van der Waals surface area contributed by atoms with Crippen LogP contribution in [0.5, 0.6) is 11.5 Å². The fourth-order valence-corrected chi connectivity index (χ4v) is 4.36. The lowest BCUT2D eigenvalue weighted by molar-refractivity contribution is -0.131. The molecule has 1 aromatic carbocycles. The largest absolute Gasteiger partial charge is 0.454 e. The molecule has 0 spiro atoms. The van der Waals surface area contributed by atoms with Crippen molar-refractivity contribution in [3.63, 3.8) is 0 Å². The van der Waals surface area contributed by atoms with Crippen LogP contribution in [0, 0.1) is 0 Å². The zero-order valence-corrected chi connectivity index (χ0v) is 14.6. The number of rotatable bonds is 7. The van der Waals surface area contributed by atoms with Crippen molar-refractivity contribution < 1.29 is 14.3 Å². The number of unbranched alkanes of at least 4 members (excludes halogenated alkanes) is 4. The maximum Gasteiger partial charge on any atom is 0.231 e. The van der Waals surface area contributed by atoms with Crippen LogP contribution in [0.2, 0.25) is 0 Å². The molecule has 2 aliphatic heterocycles. The first-order valence-corrected chi connectivity index (χ1v) is 9.65. The summed E-state index contributed by atoms with van der Waals surface area (Å²) in [4.78, 5) is 14.6. The summed E-state index contributed by atoms with van der Waals surface area (Å²) in [6.45, 7) is 3.34. The number of amides is 1. The Kier molecular flexibility index (Phi) is 5.70. The van der Waals surface area contributed by atoms with Crippen LogP contribution in [-0.2, 0) is 4.79 Å². The van der Waals surface area contributed by atoms with Gasteiger partial charge in [0.25, 0.3) is 0 Å². The molecule has 1 unspecified atom stereocenters. The van der Waals surface area contributed by atoms with Gasteiger partial charge in [0.2, 0.25) is 12.7 Å². The average Bonchev–Trinajstić information content (AvgIpc) is 3.22. The van der Waals surface area contributed by atoms with Crippen molar-refractivity contribution in [2.45, 2.75) is 50.8 Å². The molecule has 0 aliphatic carbocycles. The topological polar surface area (TPSA) is 38.8 Å². The SMILES string of the molecule is CCCCCCCC(=O)N1CCSC1c1ccc2c(c1)OCO2. The number of carbonyl (C=O) groups excluding carboxylic acids is 1. The van der Waals surface area contributed by atoms with Gasteiger partial charge in [-0.3, -0.25) is 4.79 Å². The summed E-state index contributed by atoms with van der Waals surface area (Å²) in [5.41, 5.74) is 1.14. The van der Waals surface area contributed by atoms with Crippen LogP contribution in [0.3, 0.4) is 0 Å². The van der Waals surface area contributed by atoms with E-state index >= 15 is 0 Å². The summed E-state index contributed by atoms with van der Waals surface area (Å²) in [6.07, 6.45) is 6.59. The van der Waals surface area contributed by atoms with Gasteiger partial charge in [0.15, 0.2) is 11.5 Å². The van der Waals surface area contributed by atoms with E-state index in [-0.39, 0.29) is 18.1 Å². The minimum absolute atomic E-state index is 0.118. The highest BCUT2D eigenvalue weighted by Crippen LogP contribution is 2.42. The molecule has 5 heteroatoms. The van der Waals surface area contributed by atoms with E-state index in [2.05, 4.69) is 13.0 Å². The van der Waals surface area contributed by atoms with Gasteiger partial charge in [0, 0.05) is 18.7 Å². The number of ether oxygens (including phenoxy) is 2. The summed E-state index contributed by atoms with van der Waals surface area (Å²) in [5, 5.41) is 0.118. The average molecular weight is 335 g/mol. The maximum atomic E-state index is 12.6. The third-order valence-corrected chi connectivity index (χ3v) is 5.65. The van der Waals surface area contributed by atoms with Crippen LogP contribution in [0.1, 0.15) is 56.4 Å². The molecule has 2 heterocycles. The second-order valence-corrected chi connectivity index (χ2v) is 7.28. The highest BCUT2D eigenvalue weighted by Gasteiger charge is 2.31. The predicted octanol–water partition coefficient (Wildman–Crippen LogP) is 4.35. The van der Waals surface area contributed by atoms with Gasteiger partial charge < -0.3 is 14.4 Å². The van der Waals surface area contributed by atoms with Gasteiger partial charge in [-0.1, -0.05) is 38.7 Å². The molecule has 0 radical (unpaired) electrons. The molecule has 1 aromatic rings. The lowest BCUT2D eigenvalue weighted by atomic mass is 10.1. The fourth-order valence-electron chi connectivity index (χ4n) is 3.09. The highest BCUT2D eigenvalue weighted by atomic mass is 32.2. The quantitative estimate of drug-likeness (QED) is 0.694. The van der Waals surface area contributed by atoms with E-state index in [1.807, 2.05) is 28.8 Å². The van der Waals surface area contributed by atoms with Crippen LogP contribution in [0.15, 0.2) is 18.2 Å². The van der Waals surface area contributed by atoms with Crippen molar-refractivity contribution in [1.82, 2.24) is 4.90 Å². The maximum absolute atomic E-state index is 12.6. The Hall–Kier alpha value is -1.36. The molecule has 1 fully saturated rings. The molecule has 126 valence electrons. The van der Waals surface area contributed by atoms with Crippen molar-refractivity contribution >= 4 is 17.7 Å². The van der Waals surface area contributed by atoms with Crippen molar-refractivity contribution in [2.75, 3.05) is 19.1 Å². The van der Waals surface area contributed by atoms with E-state index in [0.717, 1.165) is 42.2 Å². The number of thioether (sulfide) groups is 1. The fraction of sp³-hybridized carbons (Fsp3) is 0.611. The summed E-state index contributed by atoms with van der Waals surface area (Å²) in [7, 11) is 0. The van der Waals surface area contributed by atoms with Gasteiger partial charge in [0.05, 0.1) is 0 Å². The molecule has 0 bridgehead atoms. The first-order chi connectivity index (χ1) is 11.3. The summed E-state index contributed by atoms with van der Waals surface area (Å²) in [6, 6.07) is 6.02. The Morgan fingerprint density at radius 2 is 2.04 bits per heavy atom. The molecule has 23 heavy (non-hydrogen) atoms. The molecule has 1 amide bonds. The van der Waals surface area contributed by atoms with Crippen LogP contribution in [0.25, 0.3) is 0 Å². The van der Waals surface area contributed by atoms with Crippen LogP contribution < -0.4 is 9.47 Å². The van der Waals surface area contributed by atoms with Gasteiger partial charge in [-0.2, -0.15) is 0 Å². The highest BCUT2D eigenvalue weighted by molar-refractivity contribution is 7.99. The first-order valence-electron chi connectivity index (χ1n) is 8.60. The lowest BCUT2D eigenvalue weighted by Gasteiger charge is -2.24. The van der Waals surface area contributed by atoms with Gasteiger partial charge in [0.1, 0.15) is 5.37 Å². The minimum atomic E-state index is 0.118. The molecule has 1 saturated heterocycles. The van der Waals surface area contributed by atoms with Gasteiger partial charge in [-0.05, 0) is 24.1 Å². The van der Waals surface area contributed by atoms with Crippen molar-refractivity contribution in [1.29, 1.82) is 0 Å². The number of hydrogen-bond acceptors (Lipinski definition) is 4. The summed E-state index contributed by atoms with van der Waals surface area (Å²) < 4.78 is 10.8. The second kappa shape index (κ2) is 7.95. The van der Waals surface area contributed by atoms with Gasteiger partial charge in [-0.15, -0.1) is 11.8 Å². The van der Waals surface area contributed by atoms with Crippen molar-refractivity contribution in [2.24, 2.45) is 0 Å². The van der Waals surface area contributed by atoms with E-state index in [9.17, 15) is 4.79 Å². The second-order valence-electron chi connectivity index (χ2n) is 6.09. The minimum Gasteiger partial charge on any atom is -0.454 e. The van der Waals surface area contributed by atoms with E-state index in [0.29, 0.717) is 6.42 Å². The normalized spacial score (nSPS) is 19.3. The summed E-state index contributed by atoms with van der Waals surface area (Å²) >= 11 is 1.83. The summed E-state index contributed by atoms with van der Waals surface area (Å²) in [5.74, 6) is 2.88. The Morgan fingerprint density at radius 1 is 1.22 bits per heavy atom. The number of benzene rings is 1. The molecule has 2 aliphatic rings. The molecule has 3 rings (SSSR count). The van der Waals surface area contributed by atoms with Gasteiger partial charge in [-0.25, -0.2) is 0 Å². The third kappa shape index (κ3) is 3.94. The molecule has 0 aromatic heterocycles. The van der Waals surface area contributed by atoms with Crippen LogP contribution in [-0.4, -0.2) is 29.9 Å². The smallest absolute Gasteiger partial charge is 0.231 e. The number of nitrogens with zero attached hydrogens (tertiary/aromatic N) is 1. The van der Waals surface area contributed by atoms with Crippen molar-refractivity contribution in [3.05, 3.63) is 23.8 Å². The molecule has 0 N–H and O–H groups in total. The van der Waals surface area contributed by atoms with Crippen molar-refractivity contribution in [3.8, 4) is 11.5 Å². The number of fused-ring (bicyclic) bond motifs is 1. The zero-order valence-electron chi connectivity index (χ0n) is 13.8. The van der Waals surface area contributed by atoms with E-state index in [4.69, 9.17) is 9.47 Å².